The van der Waals surface area contributed by atoms with Gasteiger partial charge < -0.3 is 30.1 Å². The summed E-state index contributed by atoms with van der Waals surface area (Å²) in [4.78, 5) is 88.6. The molecule has 48 heavy (non-hydrogen) atoms. The molecule has 4 heterocycles. The largest absolute Gasteiger partial charge is 0.477 e. The monoisotopic (exact) mass is 744 g/mol. The quantitative estimate of drug-likeness (QED) is 0.0485. The minimum Gasteiger partial charge on any atom is -0.477 e. The van der Waals surface area contributed by atoms with Crippen LogP contribution in [0.2, 0.25) is 0 Å². The van der Waals surface area contributed by atoms with Gasteiger partial charge in [-0.15, -0.1) is 39.8 Å². The average molecular weight is 745 g/mol. The summed E-state index contributed by atoms with van der Waals surface area (Å²) < 4.78 is 11.4. The Labute approximate surface area is 289 Å². The van der Waals surface area contributed by atoms with E-state index in [0.717, 1.165) is 28.0 Å². The number of thioether (sulfide) groups is 2. The summed E-state index contributed by atoms with van der Waals surface area (Å²) in [5.41, 5.74) is -1.66. The molecule has 0 bridgehead atoms. The van der Waals surface area contributed by atoms with E-state index in [4.69, 9.17) is 25.9 Å². The van der Waals surface area contributed by atoms with E-state index in [1.54, 1.807) is 20.8 Å². The number of oxime groups is 1. The Balaban J connectivity index is 1.42. The fourth-order valence-corrected chi connectivity index (χ4v) is 7.22. The summed E-state index contributed by atoms with van der Waals surface area (Å²) in [6.45, 7) is 4.45. The van der Waals surface area contributed by atoms with Crippen molar-refractivity contribution in [1.82, 2.24) is 30.0 Å². The lowest BCUT2D eigenvalue weighted by Gasteiger charge is -2.49. The number of halogens is 1. The molecule has 0 radical (unpaired) electrons. The molecule has 1 fully saturated rings. The third-order valence-corrected chi connectivity index (χ3v) is 9.77. The molecular weight excluding hydrogens is 716 g/mol. The maximum atomic E-state index is 13.2. The molecule has 0 spiro atoms. The van der Waals surface area contributed by atoms with Crippen molar-refractivity contribution in [1.29, 1.82) is 0 Å². The van der Waals surface area contributed by atoms with Gasteiger partial charge in [0, 0.05) is 23.9 Å². The molecule has 2 aromatic heterocycles. The molecule has 4 rings (SSSR count). The van der Waals surface area contributed by atoms with Crippen LogP contribution in [0, 0.1) is 5.41 Å². The number of carbonyl (C=O) groups is 5. The Hall–Kier alpha value is -4.21. The van der Waals surface area contributed by atoms with Crippen molar-refractivity contribution in [2.24, 2.45) is 17.6 Å². The molecule has 1 saturated heterocycles. The van der Waals surface area contributed by atoms with Crippen molar-refractivity contribution in [2.45, 2.75) is 37.3 Å². The van der Waals surface area contributed by atoms with Gasteiger partial charge >= 0.3 is 23.4 Å². The van der Waals surface area contributed by atoms with Crippen LogP contribution in [-0.4, -0.2) is 108 Å². The first-order chi connectivity index (χ1) is 22.7. The van der Waals surface area contributed by atoms with Crippen molar-refractivity contribution in [3.05, 3.63) is 32.7 Å². The van der Waals surface area contributed by atoms with Crippen LogP contribution in [0.3, 0.4) is 0 Å². The number of rotatable bonds is 13. The number of nitrogens with zero attached hydrogens (tertiary/aromatic N) is 6. The van der Waals surface area contributed by atoms with E-state index in [1.165, 1.54) is 36.0 Å². The smallest absolute Gasteiger partial charge is 0.352 e. The van der Waals surface area contributed by atoms with E-state index < -0.39 is 64.7 Å². The number of aliphatic carboxylic acids is 1. The van der Waals surface area contributed by atoms with Crippen LogP contribution in [0.1, 0.15) is 26.5 Å². The number of anilines is 1. The summed E-state index contributed by atoms with van der Waals surface area (Å²) in [5, 5.41) is 23.8. The van der Waals surface area contributed by atoms with Gasteiger partial charge in [0.05, 0.1) is 5.41 Å². The molecule has 3 N–H and O–H groups in total. The van der Waals surface area contributed by atoms with Gasteiger partial charge in [-0.25, -0.2) is 14.5 Å². The number of aromatic nitrogens is 4. The number of β-lactam (4-membered cyclic amide) rings is 1. The second kappa shape index (κ2) is 15.3. The fourth-order valence-electron chi connectivity index (χ4n) is 4.04. The molecule has 18 nitrogen and oxygen atoms in total. The molecule has 2 aromatic rings. The van der Waals surface area contributed by atoms with Crippen LogP contribution in [0.5, 0.6) is 5.88 Å². The lowest BCUT2D eigenvalue weighted by molar-refractivity contribution is -0.160. The number of nitrogens with one attached hydrogen (secondary N) is 2. The number of hydrogen-bond acceptors (Lipinski definition) is 16. The number of esters is 1. The molecule has 258 valence electrons. The summed E-state index contributed by atoms with van der Waals surface area (Å²) in [5.74, 6) is -4.31. The number of alkyl halides is 1. The van der Waals surface area contributed by atoms with E-state index in [2.05, 4.69) is 30.9 Å². The number of carboxylic acids is 1. The molecule has 22 heteroatoms. The van der Waals surface area contributed by atoms with Gasteiger partial charge in [-0.1, -0.05) is 16.9 Å². The molecule has 0 unspecified atom stereocenters. The first-order valence-electron chi connectivity index (χ1n) is 13.7. The minimum atomic E-state index is -1.35. The van der Waals surface area contributed by atoms with E-state index >= 15 is 0 Å². The second-order valence-corrected chi connectivity index (χ2v) is 14.0. The first-order valence-corrected chi connectivity index (χ1v) is 17.1. The van der Waals surface area contributed by atoms with Gasteiger partial charge in [0.25, 0.3) is 11.8 Å². The Bertz CT molecular complexity index is 1760. The summed E-state index contributed by atoms with van der Waals surface area (Å²) in [6.07, 6.45) is 0. The number of amides is 3. The third-order valence-electron chi connectivity index (χ3n) is 6.32. The maximum absolute atomic E-state index is 13.2. The van der Waals surface area contributed by atoms with Crippen molar-refractivity contribution in [3.8, 4) is 5.88 Å². The normalized spacial score (nSPS) is 17.7. The minimum absolute atomic E-state index is 0.0462. The first kappa shape index (κ1) is 36.6. The highest BCUT2D eigenvalue weighted by molar-refractivity contribution is 8.01. The van der Waals surface area contributed by atoms with Crippen molar-refractivity contribution in [3.63, 3.8) is 0 Å². The summed E-state index contributed by atoms with van der Waals surface area (Å²) in [7, 11) is 2.71. The number of carboxylic acid groups (broad SMARTS) is 1. The molecule has 2 aliphatic rings. The van der Waals surface area contributed by atoms with Crippen LogP contribution >= 0.6 is 46.5 Å². The standard InChI is InChI=1S/C26H29ClN8O10S3/c1-26(2,3)23(42)45-10-44-19-18(38)31-25(34(4)32-19)48-8-11-7-46-21-15(20(39)35(21)16(11)22(40)41)30-17(37)14(33-43-5)12-9-47-24(28-12)29-13(36)6-27/h9,15,21H,6-8,10H2,1-5H3,(H,30,37)(H,40,41)(H,28,29,36)/b33-14-/t15-,21-/m1/s1. The SMILES string of the molecule is CO/N=C(\C(=O)N[C@@H]1C(=O)N2C(C(=O)O)=C(CSc3nc(=O)c(OCOC(=O)C(C)(C)C)nn3C)CS[C@H]12)c1csc(NC(=O)CCl)n1. The molecular formula is C26H29ClN8O10S3. The summed E-state index contributed by atoms with van der Waals surface area (Å²) in [6, 6.07) is -1.08. The van der Waals surface area contributed by atoms with E-state index in [-0.39, 0.29) is 44.8 Å². The average Bonchev–Trinajstić information content (AvgIpc) is 3.49. The van der Waals surface area contributed by atoms with Crippen molar-refractivity contribution >= 4 is 87.0 Å². The third kappa shape index (κ3) is 8.25. The molecule has 2 atom stereocenters. The second-order valence-electron chi connectivity index (χ2n) is 10.8. The predicted octanol–water partition coefficient (Wildman–Crippen LogP) is 0.616. The van der Waals surface area contributed by atoms with Gasteiger partial charge in [-0.3, -0.25) is 28.9 Å². The van der Waals surface area contributed by atoms with Crippen LogP contribution in [0.25, 0.3) is 0 Å². The Morgan fingerprint density at radius 3 is 2.60 bits per heavy atom. The van der Waals surface area contributed by atoms with E-state index in [0.29, 0.717) is 5.57 Å². The molecule has 0 aromatic carbocycles. The fraction of sp³-hybridized carbons (Fsp3) is 0.462. The van der Waals surface area contributed by atoms with Gasteiger partial charge in [0.2, 0.25) is 12.7 Å². The summed E-state index contributed by atoms with van der Waals surface area (Å²) >= 11 is 8.77. The topological polar surface area (TPSA) is 234 Å². The van der Waals surface area contributed by atoms with Gasteiger partial charge in [-0.2, -0.15) is 4.98 Å². The number of carbonyl (C=O) groups excluding carboxylic acids is 4. The number of aryl methyl sites for hydroxylation is 1. The Morgan fingerprint density at radius 2 is 1.96 bits per heavy atom. The van der Waals surface area contributed by atoms with Crippen molar-refractivity contribution < 1.29 is 43.4 Å². The lowest BCUT2D eigenvalue weighted by atomic mass is 9.98. The molecule has 0 saturated carbocycles. The Morgan fingerprint density at radius 1 is 1.23 bits per heavy atom. The highest BCUT2D eigenvalue weighted by Crippen LogP contribution is 2.41. The van der Waals surface area contributed by atoms with Crippen LogP contribution < -0.4 is 20.9 Å². The number of ether oxygens (including phenoxy) is 2. The Kier molecular flexibility index (Phi) is 11.7. The zero-order chi connectivity index (χ0) is 35.3. The van der Waals surface area contributed by atoms with E-state index in [9.17, 15) is 33.9 Å². The molecule has 2 aliphatic heterocycles. The molecule has 3 amide bonds. The highest BCUT2D eigenvalue weighted by atomic mass is 35.5. The van der Waals surface area contributed by atoms with Crippen LogP contribution in [0.15, 0.2) is 31.8 Å². The van der Waals surface area contributed by atoms with Gasteiger partial charge in [0.1, 0.15) is 35.8 Å². The van der Waals surface area contributed by atoms with Gasteiger partial charge in [0.15, 0.2) is 16.0 Å². The highest BCUT2D eigenvalue weighted by Gasteiger charge is 2.54. The van der Waals surface area contributed by atoms with Crippen LogP contribution in [0.4, 0.5) is 5.13 Å². The van der Waals surface area contributed by atoms with Crippen molar-refractivity contribution in [2.75, 3.05) is 36.6 Å². The molecule has 0 aliphatic carbocycles. The number of hydrogen-bond donors (Lipinski definition) is 3. The zero-order valence-corrected chi connectivity index (χ0v) is 29.2. The van der Waals surface area contributed by atoms with Crippen LogP contribution in [-0.2, 0) is 40.6 Å². The zero-order valence-electron chi connectivity index (χ0n) is 26.0. The predicted molar refractivity (Wildman–Crippen MR) is 174 cm³/mol. The maximum Gasteiger partial charge on any atom is 0.352 e. The number of fused-ring (bicyclic) bond motifs is 1. The van der Waals surface area contributed by atoms with Gasteiger partial charge in [-0.05, 0) is 26.3 Å². The van der Waals surface area contributed by atoms with E-state index in [1.807, 2.05) is 0 Å². The lowest BCUT2D eigenvalue weighted by Crippen LogP contribution is -2.71. The number of thiazole rings is 1.